The molecule has 47 heavy (non-hydrogen) atoms. The van der Waals surface area contributed by atoms with E-state index in [0.717, 1.165) is 37.4 Å². The van der Waals surface area contributed by atoms with Crippen LogP contribution in [0.4, 0.5) is 13.2 Å². The van der Waals surface area contributed by atoms with Crippen LogP contribution in [0.3, 0.4) is 0 Å². The number of nitrogens with zero attached hydrogens (tertiary/aromatic N) is 5. The van der Waals surface area contributed by atoms with Crippen molar-refractivity contribution >= 4 is 22.1 Å². The Bertz CT molecular complexity index is 1650. The normalized spacial score (nSPS) is 20.9. The maximum absolute atomic E-state index is 14.0. The number of halogens is 3. The lowest BCUT2D eigenvalue weighted by Crippen LogP contribution is -2.43. The summed E-state index contributed by atoms with van der Waals surface area (Å²) in [7, 11) is -3.56. The fourth-order valence-electron chi connectivity index (χ4n) is 6.56. The van der Waals surface area contributed by atoms with Gasteiger partial charge in [-0.1, -0.05) is 32.1 Å². The number of β-amino-alcohol motifs (C(OH)–C–C–N with tert-alkyl or cyclic N) is 1. The number of amides is 1. The van der Waals surface area contributed by atoms with Gasteiger partial charge in [-0.2, -0.15) is 22.6 Å². The molecule has 1 aromatic carbocycles. The summed E-state index contributed by atoms with van der Waals surface area (Å²) in [4.78, 5) is 18.8. The highest BCUT2D eigenvalue weighted by molar-refractivity contribution is 7.88. The topological polar surface area (TPSA) is 120 Å². The van der Waals surface area contributed by atoms with Crippen LogP contribution in [0.1, 0.15) is 55.5 Å². The molecule has 0 saturated heterocycles. The van der Waals surface area contributed by atoms with Gasteiger partial charge >= 0.3 is 6.18 Å². The largest absolute Gasteiger partial charge is 0.416 e. The number of alkyl halides is 3. The Morgan fingerprint density at radius 2 is 1.98 bits per heavy atom. The molecule has 5 rings (SSSR count). The predicted octanol–water partition coefficient (Wildman–Crippen LogP) is 4.14. The average Bonchev–Trinajstić information content (AvgIpc) is 3.36. The molecule has 0 saturated carbocycles. The molecule has 3 aliphatic heterocycles. The fraction of sp³-hybridized carbons (Fsp3) is 0.545. The van der Waals surface area contributed by atoms with Crippen LogP contribution in [-0.4, -0.2) is 82.7 Å². The molecule has 3 atom stereocenters. The molecule has 1 aromatic heterocycles. The number of hydrogen-bond acceptors (Lipinski definition) is 7. The van der Waals surface area contributed by atoms with E-state index >= 15 is 0 Å². The molecule has 2 aromatic rings. The van der Waals surface area contributed by atoms with Crippen molar-refractivity contribution in [3.63, 3.8) is 0 Å². The van der Waals surface area contributed by atoms with Crippen LogP contribution < -0.4 is 5.32 Å². The van der Waals surface area contributed by atoms with Gasteiger partial charge in [0.25, 0.3) is 0 Å². The Labute approximate surface area is 274 Å². The minimum atomic E-state index is -4.65. The first-order chi connectivity index (χ1) is 22.2. The lowest BCUT2D eigenvalue weighted by Gasteiger charge is -2.37. The number of allylic oxidation sites excluding steroid dienone is 2. The molecule has 3 aliphatic rings. The van der Waals surface area contributed by atoms with Crippen molar-refractivity contribution in [1.82, 2.24) is 24.3 Å². The van der Waals surface area contributed by atoms with E-state index in [4.69, 9.17) is 5.10 Å². The number of nitrogens with one attached hydrogen (secondary N) is 1. The van der Waals surface area contributed by atoms with Gasteiger partial charge in [0, 0.05) is 62.4 Å². The van der Waals surface area contributed by atoms with Gasteiger partial charge in [-0.15, -0.1) is 0 Å². The smallest absolute Gasteiger partial charge is 0.389 e. The highest BCUT2D eigenvalue weighted by Gasteiger charge is 2.35. The van der Waals surface area contributed by atoms with E-state index in [1.54, 1.807) is 4.68 Å². The van der Waals surface area contributed by atoms with Crippen LogP contribution in [0.25, 0.3) is 11.3 Å². The average molecular weight is 677 g/mol. The number of hydrogen-bond donors (Lipinski definition) is 2. The van der Waals surface area contributed by atoms with Crippen molar-refractivity contribution in [2.24, 2.45) is 16.8 Å². The molecule has 0 fully saturated rings. The molecule has 256 valence electrons. The van der Waals surface area contributed by atoms with Crippen molar-refractivity contribution < 1.29 is 31.5 Å². The molecule has 1 amide bonds. The van der Waals surface area contributed by atoms with Crippen LogP contribution in [0.2, 0.25) is 0 Å². The molecule has 0 spiro atoms. The summed E-state index contributed by atoms with van der Waals surface area (Å²) in [5.41, 5.74) is 1.06. The number of benzene rings is 1. The Kier molecular flexibility index (Phi) is 10.6. The van der Waals surface area contributed by atoms with Crippen molar-refractivity contribution in [2.75, 3.05) is 25.9 Å². The summed E-state index contributed by atoms with van der Waals surface area (Å²) in [6.45, 7) is 4.83. The van der Waals surface area contributed by atoms with Gasteiger partial charge in [0.2, 0.25) is 15.9 Å². The standard InChI is InChI=1S/C33H43F3N6O4S/c1-22(2)16-31(44)38-18-25-17-24(7-8-28(25)33(34,35)36)32-27-21-41(47(3,45)46)15-11-30(27)42(39-32)20-26(43)19-40-14-5-4-6-29(40)23-9-12-37-13-10-23/h4-8,12,14,17,22-23,26,29,43H,9-11,13,15-16,18-21H2,1-3H3,(H,38,44). The molecule has 0 bridgehead atoms. The summed E-state index contributed by atoms with van der Waals surface area (Å²) < 4.78 is 70.0. The van der Waals surface area contributed by atoms with Crippen LogP contribution in [0.15, 0.2) is 47.6 Å². The molecule has 2 N–H and O–H groups in total. The lowest BCUT2D eigenvalue weighted by molar-refractivity contribution is -0.138. The lowest BCUT2D eigenvalue weighted by atomic mass is 9.89. The number of fused-ring (bicyclic) bond motifs is 1. The minimum absolute atomic E-state index is 0.00599. The summed E-state index contributed by atoms with van der Waals surface area (Å²) in [6.07, 6.45) is 7.97. The molecule has 14 heteroatoms. The van der Waals surface area contributed by atoms with Crippen LogP contribution in [-0.2, 0) is 47.0 Å². The van der Waals surface area contributed by atoms with Crippen LogP contribution >= 0.6 is 0 Å². The molecule has 4 heterocycles. The minimum Gasteiger partial charge on any atom is -0.389 e. The second kappa shape index (κ2) is 14.3. The van der Waals surface area contributed by atoms with E-state index in [9.17, 15) is 31.5 Å². The van der Waals surface area contributed by atoms with E-state index < -0.39 is 27.9 Å². The van der Waals surface area contributed by atoms with Gasteiger partial charge < -0.3 is 15.3 Å². The number of carbonyl (C=O) groups is 1. The third-order valence-corrected chi connectivity index (χ3v) is 10.1. The van der Waals surface area contributed by atoms with Gasteiger partial charge in [0.15, 0.2) is 0 Å². The first-order valence-corrected chi connectivity index (χ1v) is 17.8. The number of sulfonamides is 1. The van der Waals surface area contributed by atoms with E-state index in [1.807, 2.05) is 38.4 Å². The van der Waals surface area contributed by atoms with Gasteiger partial charge in [0.1, 0.15) is 0 Å². The number of rotatable bonds is 11. The van der Waals surface area contributed by atoms with E-state index in [0.29, 0.717) is 35.7 Å². The maximum Gasteiger partial charge on any atom is 0.416 e. The Morgan fingerprint density at radius 3 is 2.66 bits per heavy atom. The number of carbonyl (C=O) groups excluding carboxylic acids is 1. The molecular formula is C33H43F3N6O4S. The van der Waals surface area contributed by atoms with Crippen molar-refractivity contribution in [3.05, 3.63) is 65.0 Å². The summed E-state index contributed by atoms with van der Waals surface area (Å²) in [6, 6.07) is 3.78. The number of aliphatic hydroxyl groups is 1. The molecule has 0 radical (unpaired) electrons. The Balaban J connectivity index is 1.45. The summed E-state index contributed by atoms with van der Waals surface area (Å²) in [5, 5.41) is 18.7. The number of aliphatic imine (C=N–C) groups is 1. The van der Waals surface area contributed by atoms with Crippen molar-refractivity contribution in [1.29, 1.82) is 0 Å². The SMILES string of the molecule is CC(C)CC(=O)NCc1cc(-c2nn(CC(O)CN3C=CC=CC3C3CC=NCC3)c3c2CN(S(C)(=O)=O)CC3)ccc1C(F)(F)F. The second-order valence-corrected chi connectivity index (χ2v) is 15.0. The van der Waals surface area contributed by atoms with Gasteiger partial charge in [-0.25, -0.2) is 8.42 Å². The van der Waals surface area contributed by atoms with Crippen LogP contribution in [0.5, 0.6) is 0 Å². The number of aromatic nitrogens is 2. The van der Waals surface area contributed by atoms with Crippen LogP contribution in [0, 0.1) is 11.8 Å². The summed E-state index contributed by atoms with van der Waals surface area (Å²) >= 11 is 0. The quantitative estimate of drug-likeness (QED) is 0.369. The third kappa shape index (κ3) is 8.52. The highest BCUT2D eigenvalue weighted by Crippen LogP contribution is 2.37. The van der Waals surface area contributed by atoms with Gasteiger partial charge in [0.05, 0.1) is 36.2 Å². The predicted molar refractivity (Wildman–Crippen MR) is 174 cm³/mol. The fourth-order valence-corrected chi connectivity index (χ4v) is 7.35. The molecule has 0 aliphatic carbocycles. The molecule has 10 nitrogen and oxygen atoms in total. The maximum atomic E-state index is 14.0. The Hall–Kier alpha value is -3.49. The first-order valence-electron chi connectivity index (χ1n) is 16.0. The first kappa shape index (κ1) is 34.8. The monoisotopic (exact) mass is 676 g/mol. The summed E-state index contributed by atoms with van der Waals surface area (Å²) in [5.74, 6) is 0.0638. The van der Waals surface area contributed by atoms with Gasteiger partial charge in [-0.3, -0.25) is 14.5 Å². The second-order valence-electron chi connectivity index (χ2n) is 13.0. The zero-order valence-electron chi connectivity index (χ0n) is 26.9. The van der Waals surface area contributed by atoms with E-state index in [-0.39, 0.29) is 56.0 Å². The van der Waals surface area contributed by atoms with Gasteiger partial charge in [-0.05, 0) is 60.9 Å². The number of aliphatic hydroxyl groups excluding tert-OH is 1. The van der Waals surface area contributed by atoms with E-state index in [1.165, 1.54) is 16.4 Å². The van der Waals surface area contributed by atoms with Crippen molar-refractivity contribution in [2.45, 2.75) is 77.5 Å². The van der Waals surface area contributed by atoms with E-state index in [2.05, 4.69) is 21.3 Å². The van der Waals surface area contributed by atoms with Crippen molar-refractivity contribution in [3.8, 4) is 11.3 Å². The zero-order valence-corrected chi connectivity index (χ0v) is 27.8. The molecule has 3 unspecified atom stereocenters. The molecular weight excluding hydrogens is 633 g/mol. The Morgan fingerprint density at radius 1 is 1.19 bits per heavy atom. The zero-order chi connectivity index (χ0) is 33.9. The highest BCUT2D eigenvalue weighted by atomic mass is 32.2. The third-order valence-electron chi connectivity index (χ3n) is 8.86.